The molecule has 0 atom stereocenters. The van der Waals surface area contributed by atoms with Crippen LogP contribution in [0.5, 0.6) is 0 Å². The maximum atomic E-state index is 5.55. The first kappa shape index (κ1) is 8.90. The molecule has 0 radical (unpaired) electrons. The number of nitrogens with zero attached hydrogens (tertiary/aromatic N) is 2. The summed E-state index contributed by atoms with van der Waals surface area (Å²) in [6, 6.07) is 3.83. The Morgan fingerprint density at radius 1 is 1.21 bits per heavy atom. The van der Waals surface area contributed by atoms with Gasteiger partial charge in [0.05, 0.1) is 5.56 Å². The molecule has 0 aliphatic carbocycles. The van der Waals surface area contributed by atoms with Gasteiger partial charge in [-0.05, 0) is 18.7 Å². The van der Waals surface area contributed by atoms with E-state index in [1.807, 2.05) is 12.1 Å². The molecule has 0 spiro atoms. The Labute approximate surface area is 81.8 Å². The standard InChI is InChI=1S/C10H11N3O/c11-4-3-9-1-2-10(14-9)8-5-12-7-13-6-8/h1-2,5-7H,3-4,11H2. The lowest BCUT2D eigenvalue weighted by molar-refractivity contribution is 0.523. The van der Waals surface area contributed by atoms with E-state index in [-0.39, 0.29) is 0 Å². The molecule has 2 heterocycles. The zero-order valence-corrected chi connectivity index (χ0v) is 7.68. The van der Waals surface area contributed by atoms with E-state index in [1.54, 1.807) is 12.4 Å². The minimum Gasteiger partial charge on any atom is -0.461 e. The second kappa shape index (κ2) is 4.02. The van der Waals surface area contributed by atoms with Gasteiger partial charge in [-0.3, -0.25) is 0 Å². The van der Waals surface area contributed by atoms with Crippen LogP contribution >= 0.6 is 0 Å². The Bertz CT molecular complexity index is 397. The van der Waals surface area contributed by atoms with Crippen LogP contribution in [0.4, 0.5) is 0 Å². The molecule has 0 amide bonds. The van der Waals surface area contributed by atoms with E-state index in [2.05, 4.69) is 9.97 Å². The average Bonchev–Trinajstić information content (AvgIpc) is 2.68. The van der Waals surface area contributed by atoms with E-state index in [1.165, 1.54) is 6.33 Å². The highest BCUT2D eigenvalue weighted by Crippen LogP contribution is 2.20. The fourth-order valence-electron chi connectivity index (χ4n) is 1.24. The Balaban J connectivity index is 2.25. The van der Waals surface area contributed by atoms with Crippen molar-refractivity contribution in [1.82, 2.24) is 9.97 Å². The van der Waals surface area contributed by atoms with Crippen LogP contribution in [0.15, 0.2) is 35.3 Å². The maximum Gasteiger partial charge on any atom is 0.137 e. The Kier molecular flexibility index (Phi) is 2.55. The normalized spacial score (nSPS) is 10.4. The second-order valence-corrected chi connectivity index (χ2v) is 2.93. The average molecular weight is 189 g/mol. The Hall–Kier alpha value is -1.68. The van der Waals surface area contributed by atoms with Gasteiger partial charge in [0.25, 0.3) is 0 Å². The van der Waals surface area contributed by atoms with Crippen molar-refractivity contribution in [2.75, 3.05) is 6.54 Å². The lowest BCUT2D eigenvalue weighted by Crippen LogP contribution is -2.01. The molecule has 2 rings (SSSR count). The number of hydrogen-bond acceptors (Lipinski definition) is 4. The smallest absolute Gasteiger partial charge is 0.137 e. The molecular weight excluding hydrogens is 178 g/mol. The number of rotatable bonds is 3. The van der Waals surface area contributed by atoms with Crippen LogP contribution in [0.3, 0.4) is 0 Å². The highest BCUT2D eigenvalue weighted by atomic mass is 16.3. The largest absolute Gasteiger partial charge is 0.461 e. The number of furan rings is 1. The minimum absolute atomic E-state index is 0.595. The predicted octanol–water partition coefficient (Wildman–Crippen LogP) is 1.24. The molecule has 0 aromatic carbocycles. The van der Waals surface area contributed by atoms with E-state index in [4.69, 9.17) is 10.2 Å². The van der Waals surface area contributed by atoms with Crippen molar-refractivity contribution in [3.05, 3.63) is 36.6 Å². The van der Waals surface area contributed by atoms with Crippen molar-refractivity contribution >= 4 is 0 Å². The van der Waals surface area contributed by atoms with Gasteiger partial charge in [-0.25, -0.2) is 9.97 Å². The summed E-state index contributed by atoms with van der Waals surface area (Å²) in [4.78, 5) is 7.84. The monoisotopic (exact) mass is 189 g/mol. The molecule has 2 aromatic heterocycles. The minimum atomic E-state index is 0.595. The Morgan fingerprint density at radius 2 is 2.00 bits per heavy atom. The van der Waals surface area contributed by atoms with E-state index in [0.717, 1.165) is 23.5 Å². The molecular formula is C10H11N3O. The maximum absolute atomic E-state index is 5.55. The quantitative estimate of drug-likeness (QED) is 0.788. The molecule has 0 saturated carbocycles. The molecule has 2 N–H and O–H groups in total. The van der Waals surface area contributed by atoms with E-state index >= 15 is 0 Å². The van der Waals surface area contributed by atoms with Gasteiger partial charge in [0.1, 0.15) is 17.8 Å². The highest BCUT2D eigenvalue weighted by molar-refractivity contribution is 5.54. The predicted molar refractivity (Wildman–Crippen MR) is 52.5 cm³/mol. The molecule has 0 aliphatic heterocycles. The van der Waals surface area contributed by atoms with Gasteiger partial charge in [0.15, 0.2) is 0 Å². The van der Waals surface area contributed by atoms with Crippen LogP contribution in [0, 0.1) is 0 Å². The summed E-state index contributed by atoms with van der Waals surface area (Å²) in [5, 5.41) is 0. The van der Waals surface area contributed by atoms with E-state index in [9.17, 15) is 0 Å². The first-order valence-corrected chi connectivity index (χ1v) is 4.44. The molecule has 0 fully saturated rings. The SMILES string of the molecule is NCCc1ccc(-c2cncnc2)o1. The summed E-state index contributed by atoms with van der Waals surface area (Å²) in [5.74, 6) is 1.68. The first-order chi connectivity index (χ1) is 6.90. The molecule has 2 aromatic rings. The third-order valence-corrected chi connectivity index (χ3v) is 1.90. The molecule has 0 aliphatic rings. The third-order valence-electron chi connectivity index (χ3n) is 1.90. The fraction of sp³-hybridized carbons (Fsp3) is 0.200. The summed E-state index contributed by atoms with van der Waals surface area (Å²) in [6.07, 6.45) is 5.69. The van der Waals surface area contributed by atoms with Crippen molar-refractivity contribution < 1.29 is 4.42 Å². The molecule has 0 unspecified atom stereocenters. The molecule has 4 nitrogen and oxygen atoms in total. The van der Waals surface area contributed by atoms with Gasteiger partial charge >= 0.3 is 0 Å². The van der Waals surface area contributed by atoms with Crippen LogP contribution < -0.4 is 5.73 Å². The zero-order valence-electron chi connectivity index (χ0n) is 7.68. The fourth-order valence-corrected chi connectivity index (χ4v) is 1.24. The van der Waals surface area contributed by atoms with Crippen molar-refractivity contribution in [3.63, 3.8) is 0 Å². The number of nitrogens with two attached hydrogens (primary N) is 1. The van der Waals surface area contributed by atoms with Gasteiger partial charge in [-0.15, -0.1) is 0 Å². The van der Waals surface area contributed by atoms with Crippen molar-refractivity contribution in [3.8, 4) is 11.3 Å². The van der Waals surface area contributed by atoms with Crippen LogP contribution in [0.25, 0.3) is 11.3 Å². The second-order valence-electron chi connectivity index (χ2n) is 2.93. The topological polar surface area (TPSA) is 64.9 Å². The van der Waals surface area contributed by atoms with Crippen molar-refractivity contribution in [2.45, 2.75) is 6.42 Å². The molecule has 72 valence electrons. The third kappa shape index (κ3) is 1.80. The van der Waals surface area contributed by atoms with Crippen LogP contribution in [-0.4, -0.2) is 16.5 Å². The Morgan fingerprint density at radius 3 is 2.71 bits per heavy atom. The van der Waals surface area contributed by atoms with Gasteiger partial charge in [-0.2, -0.15) is 0 Å². The van der Waals surface area contributed by atoms with Crippen LogP contribution in [0.1, 0.15) is 5.76 Å². The first-order valence-electron chi connectivity index (χ1n) is 4.44. The van der Waals surface area contributed by atoms with Crippen molar-refractivity contribution in [1.29, 1.82) is 0 Å². The summed E-state index contributed by atoms with van der Waals surface area (Å²) < 4.78 is 5.55. The molecule has 14 heavy (non-hydrogen) atoms. The van der Waals surface area contributed by atoms with E-state index in [0.29, 0.717) is 6.54 Å². The van der Waals surface area contributed by atoms with Gasteiger partial charge in [0.2, 0.25) is 0 Å². The van der Waals surface area contributed by atoms with Crippen molar-refractivity contribution in [2.24, 2.45) is 5.73 Å². The zero-order chi connectivity index (χ0) is 9.80. The van der Waals surface area contributed by atoms with E-state index < -0.39 is 0 Å². The summed E-state index contributed by atoms with van der Waals surface area (Å²) in [7, 11) is 0. The summed E-state index contributed by atoms with van der Waals surface area (Å²) in [5.41, 5.74) is 6.31. The summed E-state index contributed by atoms with van der Waals surface area (Å²) in [6.45, 7) is 0.595. The van der Waals surface area contributed by atoms with Gasteiger partial charge < -0.3 is 10.2 Å². The number of hydrogen-bond donors (Lipinski definition) is 1. The van der Waals surface area contributed by atoms with Gasteiger partial charge in [-0.1, -0.05) is 0 Å². The summed E-state index contributed by atoms with van der Waals surface area (Å²) >= 11 is 0. The van der Waals surface area contributed by atoms with Crippen LogP contribution in [0.2, 0.25) is 0 Å². The number of aromatic nitrogens is 2. The lowest BCUT2D eigenvalue weighted by Gasteiger charge is -1.94. The van der Waals surface area contributed by atoms with Crippen LogP contribution in [-0.2, 0) is 6.42 Å². The lowest BCUT2D eigenvalue weighted by atomic mass is 10.3. The highest BCUT2D eigenvalue weighted by Gasteiger charge is 2.03. The molecule has 0 bridgehead atoms. The molecule has 4 heteroatoms. The van der Waals surface area contributed by atoms with Gasteiger partial charge in [0, 0.05) is 18.8 Å². The molecule has 0 saturated heterocycles.